The van der Waals surface area contributed by atoms with E-state index in [1.54, 1.807) is 0 Å². The molecule has 0 unspecified atom stereocenters. The molecule has 3 heterocycles. The Hall–Kier alpha value is -2.20. The molecule has 25 heavy (non-hydrogen) atoms. The van der Waals surface area contributed by atoms with Crippen molar-refractivity contribution in [3.8, 4) is 0 Å². The molecule has 4 N–H and O–H groups in total. The summed E-state index contributed by atoms with van der Waals surface area (Å²) in [7, 11) is 0. The number of rotatable bonds is 7. The highest BCUT2D eigenvalue weighted by Crippen LogP contribution is 2.33. The van der Waals surface area contributed by atoms with Crippen LogP contribution in [-0.4, -0.2) is 67.4 Å². The minimum atomic E-state index is -0.492. The van der Waals surface area contributed by atoms with Gasteiger partial charge in [-0.3, -0.25) is 10.1 Å². The molecule has 2 aliphatic rings. The van der Waals surface area contributed by atoms with Crippen molar-refractivity contribution in [2.75, 3.05) is 68.4 Å². The van der Waals surface area contributed by atoms with E-state index < -0.39 is 4.92 Å². The summed E-state index contributed by atoms with van der Waals surface area (Å²) in [5, 5.41) is 14.5. The van der Waals surface area contributed by atoms with Gasteiger partial charge in [0.1, 0.15) is 13.1 Å². The lowest BCUT2D eigenvalue weighted by Crippen LogP contribution is -3.14. The number of hydrogen-bond donors (Lipinski definition) is 3. The molecule has 2 aliphatic heterocycles. The molecule has 0 aliphatic carbocycles. The lowest BCUT2D eigenvalue weighted by atomic mass is 10.3. The number of aromatic nitrogens is 2. The highest BCUT2D eigenvalue weighted by Gasteiger charge is 2.28. The van der Waals surface area contributed by atoms with Gasteiger partial charge in [0.25, 0.3) is 0 Å². The first-order valence-electron chi connectivity index (χ1n) is 8.87. The fourth-order valence-corrected chi connectivity index (χ4v) is 3.31. The molecule has 0 atom stereocenters. The zero-order chi connectivity index (χ0) is 17.6. The van der Waals surface area contributed by atoms with E-state index in [-0.39, 0.29) is 11.5 Å². The van der Waals surface area contributed by atoms with Gasteiger partial charge < -0.3 is 25.6 Å². The van der Waals surface area contributed by atoms with Gasteiger partial charge in [0, 0.05) is 26.1 Å². The van der Waals surface area contributed by atoms with Gasteiger partial charge in [-0.25, -0.2) is 0 Å². The van der Waals surface area contributed by atoms with E-state index >= 15 is 0 Å². The predicted octanol–water partition coefficient (Wildman–Crippen LogP) is -0.716. The van der Waals surface area contributed by atoms with Crippen LogP contribution in [0.25, 0.3) is 0 Å². The van der Waals surface area contributed by atoms with Gasteiger partial charge in [-0.05, 0) is 12.8 Å². The molecule has 10 heteroatoms. The minimum absolute atomic E-state index is 0.0804. The number of ether oxygens (including phenoxy) is 1. The molecule has 0 bridgehead atoms. The summed E-state index contributed by atoms with van der Waals surface area (Å²) >= 11 is 0. The first kappa shape index (κ1) is 17.6. The number of nitrogens with one attached hydrogen (secondary N) is 2. The average molecular weight is 352 g/mol. The molecule has 3 rings (SSSR count). The molecule has 1 aromatic heterocycles. The first-order chi connectivity index (χ1) is 12.1. The molecule has 2 fully saturated rings. The maximum atomic E-state index is 11.3. The molecule has 1 aromatic rings. The fourth-order valence-electron chi connectivity index (χ4n) is 3.31. The highest BCUT2D eigenvalue weighted by molar-refractivity contribution is 5.71. The molecular formula is C15H26N7O3+. The van der Waals surface area contributed by atoms with Gasteiger partial charge >= 0.3 is 5.69 Å². The summed E-state index contributed by atoms with van der Waals surface area (Å²) in [6, 6.07) is 0. The zero-order valence-corrected chi connectivity index (χ0v) is 14.4. The molecule has 0 saturated carbocycles. The number of quaternary nitrogens is 1. The smallest absolute Gasteiger partial charge is 0.353 e. The van der Waals surface area contributed by atoms with Gasteiger partial charge in [-0.1, -0.05) is 0 Å². The van der Waals surface area contributed by atoms with Gasteiger partial charge in [-0.2, -0.15) is 9.97 Å². The average Bonchev–Trinajstić information content (AvgIpc) is 3.13. The summed E-state index contributed by atoms with van der Waals surface area (Å²) < 4.78 is 5.35. The highest BCUT2D eigenvalue weighted by atomic mass is 16.6. The second-order valence-electron chi connectivity index (χ2n) is 6.45. The molecule has 0 radical (unpaired) electrons. The van der Waals surface area contributed by atoms with Crippen LogP contribution in [0.4, 0.5) is 23.3 Å². The topological polar surface area (TPSA) is 124 Å². The number of nitro groups is 1. The van der Waals surface area contributed by atoms with Crippen molar-refractivity contribution >= 4 is 23.3 Å². The van der Waals surface area contributed by atoms with Crippen molar-refractivity contribution < 1.29 is 14.6 Å². The van der Waals surface area contributed by atoms with Crippen LogP contribution in [-0.2, 0) is 4.74 Å². The van der Waals surface area contributed by atoms with Gasteiger partial charge in [-0.15, -0.1) is 0 Å². The van der Waals surface area contributed by atoms with Crippen LogP contribution in [0.5, 0.6) is 0 Å². The van der Waals surface area contributed by atoms with Crippen molar-refractivity contribution in [1.82, 2.24) is 9.97 Å². The predicted molar refractivity (Wildman–Crippen MR) is 94.0 cm³/mol. The monoisotopic (exact) mass is 352 g/mol. The second-order valence-corrected chi connectivity index (χ2v) is 6.45. The third-order valence-electron chi connectivity index (χ3n) is 4.67. The van der Waals surface area contributed by atoms with Crippen LogP contribution in [0.2, 0.25) is 0 Å². The first-order valence-corrected chi connectivity index (χ1v) is 8.87. The summed E-state index contributed by atoms with van der Waals surface area (Å²) in [5.41, 5.74) is 5.64. The molecule has 138 valence electrons. The molecule has 0 aromatic carbocycles. The summed E-state index contributed by atoms with van der Waals surface area (Å²) in [6.07, 6.45) is 2.98. The largest absolute Gasteiger partial charge is 0.378 e. The Labute approximate surface area is 146 Å². The van der Waals surface area contributed by atoms with Crippen molar-refractivity contribution in [2.45, 2.75) is 19.3 Å². The molecular weight excluding hydrogens is 326 g/mol. The van der Waals surface area contributed by atoms with Gasteiger partial charge in [0.15, 0.2) is 0 Å². The Bertz CT molecular complexity index is 601. The SMILES string of the molecule is Nc1nc(NCCC[NH+]2CCOCC2)nc(N2CCCC2)c1[N+](=O)[O-]. The molecule has 0 spiro atoms. The van der Waals surface area contributed by atoms with Crippen LogP contribution >= 0.6 is 0 Å². The van der Waals surface area contributed by atoms with Crippen molar-refractivity contribution in [1.29, 1.82) is 0 Å². The molecule has 2 saturated heterocycles. The van der Waals surface area contributed by atoms with E-state index in [2.05, 4.69) is 15.3 Å². The molecule has 10 nitrogen and oxygen atoms in total. The fraction of sp³-hybridized carbons (Fsp3) is 0.733. The number of morpholine rings is 1. The van der Waals surface area contributed by atoms with Crippen LogP contribution in [0.3, 0.4) is 0 Å². The summed E-state index contributed by atoms with van der Waals surface area (Å²) in [4.78, 5) is 22.7. The van der Waals surface area contributed by atoms with E-state index in [4.69, 9.17) is 10.5 Å². The van der Waals surface area contributed by atoms with Crippen LogP contribution in [0.15, 0.2) is 0 Å². The Morgan fingerprint density at radius 3 is 2.68 bits per heavy atom. The van der Waals surface area contributed by atoms with Crippen LogP contribution < -0.4 is 20.9 Å². The van der Waals surface area contributed by atoms with Gasteiger partial charge in [0.05, 0.1) is 24.7 Å². The molecule has 0 amide bonds. The Morgan fingerprint density at radius 1 is 1.28 bits per heavy atom. The zero-order valence-electron chi connectivity index (χ0n) is 14.4. The lowest BCUT2D eigenvalue weighted by Gasteiger charge is -2.23. The van der Waals surface area contributed by atoms with Crippen molar-refractivity contribution in [3.05, 3.63) is 10.1 Å². The normalized spacial score (nSPS) is 18.5. The van der Waals surface area contributed by atoms with Crippen molar-refractivity contribution in [2.24, 2.45) is 0 Å². The number of nitrogen functional groups attached to an aromatic ring is 1. The number of anilines is 3. The summed E-state index contributed by atoms with van der Waals surface area (Å²) in [5.74, 6) is 0.612. The summed E-state index contributed by atoms with van der Waals surface area (Å²) in [6.45, 7) is 7.02. The maximum Gasteiger partial charge on any atom is 0.353 e. The van der Waals surface area contributed by atoms with Crippen LogP contribution in [0, 0.1) is 10.1 Å². The number of hydrogen-bond acceptors (Lipinski definition) is 8. The number of nitrogens with zero attached hydrogens (tertiary/aromatic N) is 4. The van der Waals surface area contributed by atoms with E-state index in [0.717, 1.165) is 65.2 Å². The van der Waals surface area contributed by atoms with E-state index in [1.807, 2.05) is 4.90 Å². The Morgan fingerprint density at radius 2 is 2.00 bits per heavy atom. The Balaban J connectivity index is 1.61. The number of nitrogens with two attached hydrogens (primary N) is 1. The van der Waals surface area contributed by atoms with Crippen molar-refractivity contribution in [3.63, 3.8) is 0 Å². The standard InChI is InChI=1S/C15H25N7O3/c16-13-12(22(23)24)14(21-6-1-2-7-21)19-15(18-13)17-4-3-5-20-8-10-25-11-9-20/h1-11H2,(H3,16,17,18,19)/p+1. The minimum Gasteiger partial charge on any atom is -0.378 e. The second kappa shape index (κ2) is 8.26. The maximum absolute atomic E-state index is 11.3. The lowest BCUT2D eigenvalue weighted by molar-refractivity contribution is -0.908. The van der Waals surface area contributed by atoms with E-state index in [0.29, 0.717) is 18.3 Å². The van der Waals surface area contributed by atoms with Gasteiger partial charge in [0.2, 0.25) is 17.6 Å². The Kier molecular flexibility index (Phi) is 5.82. The quantitative estimate of drug-likeness (QED) is 0.334. The third-order valence-corrected chi connectivity index (χ3v) is 4.67. The van der Waals surface area contributed by atoms with E-state index in [9.17, 15) is 10.1 Å². The third kappa shape index (κ3) is 4.45. The van der Waals surface area contributed by atoms with E-state index in [1.165, 1.54) is 4.90 Å². The van der Waals surface area contributed by atoms with Crippen LogP contribution in [0.1, 0.15) is 19.3 Å².